The van der Waals surface area contributed by atoms with Crippen molar-refractivity contribution in [3.8, 4) is 0 Å². The van der Waals surface area contributed by atoms with Crippen LogP contribution in [0.25, 0.3) is 0 Å². The van der Waals surface area contributed by atoms with E-state index in [0.29, 0.717) is 12.0 Å². The number of carbonyl (C=O) groups is 2. The average Bonchev–Trinajstić information content (AvgIpc) is 3.10. The van der Waals surface area contributed by atoms with Crippen LogP contribution in [0.1, 0.15) is 50.0 Å². The molecular formula is C21H30ClN3O3. The second-order valence-corrected chi connectivity index (χ2v) is 8.09. The highest BCUT2D eigenvalue weighted by molar-refractivity contribution is 5.94. The van der Waals surface area contributed by atoms with Crippen LogP contribution in [-0.4, -0.2) is 54.2 Å². The molecule has 0 aromatic heterocycles. The van der Waals surface area contributed by atoms with Crippen LogP contribution in [0.5, 0.6) is 0 Å². The van der Waals surface area contributed by atoms with E-state index in [1.165, 1.54) is 5.56 Å². The molecule has 6 nitrogen and oxygen atoms in total. The van der Waals surface area contributed by atoms with Crippen LogP contribution in [-0.2, 0) is 4.79 Å². The van der Waals surface area contributed by atoms with Crippen molar-refractivity contribution in [2.75, 3.05) is 31.1 Å². The van der Waals surface area contributed by atoms with Gasteiger partial charge in [0, 0.05) is 24.8 Å². The topological polar surface area (TPSA) is 72.9 Å². The van der Waals surface area contributed by atoms with E-state index in [1.54, 1.807) is 0 Å². The van der Waals surface area contributed by atoms with Crippen LogP contribution >= 0.6 is 12.4 Å². The Bertz CT molecular complexity index is 683. The van der Waals surface area contributed by atoms with Gasteiger partial charge in [0.1, 0.15) is 0 Å². The molecule has 2 amide bonds. The minimum Gasteiger partial charge on any atom is -0.481 e. The monoisotopic (exact) mass is 407 g/mol. The predicted molar refractivity (Wildman–Crippen MR) is 111 cm³/mol. The number of halogens is 1. The Kier molecular flexibility index (Phi) is 6.83. The van der Waals surface area contributed by atoms with Crippen molar-refractivity contribution in [2.24, 2.45) is 5.92 Å². The van der Waals surface area contributed by atoms with E-state index in [-0.39, 0.29) is 24.4 Å². The summed E-state index contributed by atoms with van der Waals surface area (Å²) in [5.74, 6) is -0.395. The number of anilines is 1. The molecule has 2 heterocycles. The lowest BCUT2D eigenvalue weighted by atomic mass is 9.79. The van der Waals surface area contributed by atoms with Crippen LogP contribution in [0.15, 0.2) is 24.3 Å². The standard InChI is InChI=1S/C21H29N3O3.ClH/c25-20(26)17-3-1-15(2-4-17)16-5-7-18(8-6-16)23-13-14-24(21(23)27)19-9-11-22-12-10-19;/h5-8,15,17,19,22H,1-4,9-14H2,(H,25,26);1H/t15-,17-;. The van der Waals surface area contributed by atoms with Crippen molar-refractivity contribution >= 4 is 30.1 Å². The van der Waals surface area contributed by atoms with Crippen LogP contribution in [0, 0.1) is 5.92 Å². The number of urea groups is 1. The maximum Gasteiger partial charge on any atom is 0.324 e. The second kappa shape index (κ2) is 9.14. The molecular weight excluding hydrogens is 378 g/mol. The summed E-state index contributed by atoms with van der Waals surface area (Å²) < 4.78 is 0. The third-order valence-corrected chi connectivity index (χ3v) is 6.54. The molecule has 1 aliphatic carbocycles. The predicted octanol–water partition coefficient (Wildman–Crippen LogP) is 3.46. The van der Waals surface area contributed by atoms with Gasteiger partial charge >= 0.3 is 12.0 Å². The number of aliphatic carboxylic acids is 1. The Labute approximate surface area is 172 Å². The molecule has 0 radical (unpaired) electrons. The zero-order valence-electron chi connectivity index (χ0n) is 16.2. The number of nitrogens with zero attached hydrogens (tertiary/aromatic N) is 2. The highest BCUT2D eigenvalue weighted by atomic mass is 35.5. The molecule has 3 aliphatic rings. The summed E-state index contributed by atoms with van der Waals surface area (Å²) in [6, 6.07) is 8.87. The van der Waals surface area contributed by atoms with Crippen LogP contribution in [0.3, 0.4) is 0 Å². The van der Waals surface area contributed by atoms with Gasteiger partial charge in [0.25, 0.3) is 0 Å². The zero-order chi connectivity index (χ0) is 18.8. The highest BCUT2D eigenvalue weighted by Gasteiger charge is 2.35. The lowest BCUT2D eigenvalue weighted by Crippen LogP contribution is -2.45. The molecule has 28 heavy (non-hydrogen) atoms. The second-order valence-electron chi connectivity index (χ2n) is 8.09. The molecule has 3 fully saturated rings. The molecule has 0 bridgehead atoms. The number of nitrogens with one attached hydrogen (secondary N) is 1. The lowest BCUT2D eigenvalue weighted by molar-refractivity contribution is -0.142. The van der Waals surface area contributed by atoms with Gasteiger partial charge in [0.15, 0.2) is 0 Å². The molecule has 7 heteroatoms. The molecule has 154 valence electrons. The molecule has 0 atom stereocenters. The van der Waals surface area contributed by atoms with E-state index in [9.17, 15) is 9.59 Å². The summed E-state index contributed by atoms with van der Waals surface area (Å²) in [6.07, 6.45) is 5.47. The SMILES string of the molecule is Cl.O=C1N(c2ccc([C@H]3CC[C@H](C(=O)O)CC3)cc2)CCN1C1CCNCC1. The Morgan fingerprint density at radius 2 is 1.61 bits per heavy atom. The van der Waals surface area contributed by atoms with Crippen molar-refractivity contribution in [3.05, 3.63) is 29.8 Å². The number of benzene rings is 1. The van der Waals surface area contributed by atoms with Crippen molar-refractivity contribution in [3.63, 3.8) is 0 Å². The van der Waals surface area contributed by atoms with Gasteiger partial charge in [-0.3, -0.25) is 9.69 Å². The molecule has 2 aliphatic heterocycles. The number of carboxylic acid groups (broad SMARTS) is 1. The van der Waals surface area contributed by atoms with Crippen LogP contribution < -0.4 is 10.2 Å². The largest absolute Gasteiger partial charge is 0.481 e. The summed E-state index contributed by atoms with van der Waals surface area (Å²) >= 11 is 0. The van der Waals surface area contributed by atoms with Gasteiger partial charge in [0.05, 0.1) is 5.92 Å². The van der Waals surface area contributed by atoms with E-state index in [2.05, 4.69) is 29.6 Å². The van der Waals surface area contributed by atoms with E-state index >= 15 is 0 Å². The Morgan fingerprint density at radius 3 is 2.21 bits per heavy atom. The molecule has 2 saturated heterocycles. The Hall–Kier alpha value is -1.79. The Balaban J connectivity index is 0.00000225. The minimum atomic E-state index is -0.658. The summed E-state index contributed by atoms with van der Waals surface area (Å²) in [6.45, 7) is 3.55. The fourth-order valence-corrected chi connectivity index (χ4v) is 4.85. The summed E-state index contributed by atoms with van der Waals surface area (Å²) in [7, 11) is 0. The minimum absolute atomic E-state index is 0. The lowest BCUT2D eigenvalue weighted by Gasteiger charge is -2.31. The Morgan fingerprint density at radius 1 is 0.964 bits per heavy atom. The third kappa shape index (κ3) is 4.28. The molecule has 1 aromatic carbocycles. The van der Waals surface area contributed by atoms with E-state index < -0.39 is 5.97 Å². The molecule has 0 spiro atoms. The molecule has 0 unspecified atom stereocenters. The fraction of sp³-hybridized carbons (Fsp3) is 0.619. The van der Waals surface area contributed by atoms with Crippen molar-refractivity contribution in [1.29, 1.82) is 0 Å². The fourth-order valence-electron chi connectivity index (χ4n) is 4.85. The van der Waals surface area contributed by atoms with Crippen molar-refractivity contribution in [1.82, 2.24) is 10.2 Å². The molecule has 4 rings (SSSR count). The number of rotatable bonds is 4. The summed E-state index contributed by atoms with van der Waals surface area (Å²) in [4.78, 5) is 27.9. The molecule has 1 saturated carbocycles. The normalized spacial score (nSPS) is 26.2. The number of carbonyl (C=O) groups excluding carboxylic acids is 1. The first-order valence-corrected chi connectivity index (χ1v) is 10.2. The van der Waals surface area contributed by atoms with Gasteiger partial charge in [-0.05, 0) is 75.2 Å². The molecule has 1 aromatic rings. The quantitative estimate of drug-likeness (QED) is 0.801. The number of hydrogen-bond acceptors (Lipinski definition) is 3. The van der Waals surface area contributed by atoms with Crippen LogP contribution in [0.2, 0.25) is 0 Å². The first-order valence-electron chi connectivity index (χ1n) is 10.2. The van der Waals surface area contributed by atoms with Crippen molar-refractivity contribution in [2.45, 2.75) is 50.5 Å². The maximum absolute atomic E-state index is 12.9. The van der Waals surface area contributed by atoms with Gasteiger partial charge in [-0.15, -0.1) is 12.4 Å². The van der Waals surface area contributed by atoms with Crippen molar-refractivity contribution < 1.29 is 14.7 Å². The maximum atomic E-state index is 12.9. The van der Waals surface area contributed by atoms with Crippen LogP contribution in [0.4, 0.5) is 10.5 Å². The number of hydrogen-bond donors (Lipinski definition) is 2. The zero-order valence-corrected chi connectivity index (χ0v) is 17.0. The highest BCUT2D eigenvalue weighted by Crippen LogP contribution is 2.36. The smallest absolute Gasteiger partial charge is 0.324 e. The third-order valence-electron chi connectivity index (χ3n) is 6.54. The van der Waals surface area contributed by atoms with Gasteiger partial charge in [-0.2, -0.15) is 0 Å². The first kappa shape index (κ1) is 20.9. The van der Waals surface area contributed by atoms with Gasteiger partial charge in [0.2, 0.25) is 0 Å². The number of carboxylic acids is 1. The molecule has 2 N–H and O–H groups in total. The number of piperidine rings is 1. The van der Waals surface area contributed by atoms with Gasteiger partial charge in [-0.1, -0.05) is 12.1 Å². The first-order chi connectivity index (χ1) is 13.1. The number of amides is 2. The van der Waals surface area contributed by atoms with E-state index in [4.69, 9.17) is 5.11 Å². The van der Waals surface area contributed by atoms with Gasteiger partial charge < -0.3 is 15.3 Å². The van der Waals surface area contributed by atoms with Gasteiger partial charge in [-0.25, -0.2) is 4.79 Å². The summed E-state index contributed by atoms with van der Waals surface area (Å²) in [5.41, 5.74) is 2.24. The summed E-state index contributed by atoms with van der Waals surface area (Å²) in [5, 5.41) is 12.5. The van der Waals surface area contributed by atoms with E-state index in [0.717, 1.165) is 70.4 Å². The average molecular weight is 408 g/mol. The van der Waals surface area contributed by atoms with E-state index in [1.807, 2.05) is 9.80 Å².